The Morgan fingerprint density at radius 1 is 1.22 bits per heavy atom. The number of nitrogens with zero attached hydrogens (tertiary/aromatic N) is 2. The van der Waals surface area contributed by atoms with E-state index in [1.807, 2.05) is 38.1 Å². The van der Waals surface area contributed by atoms with Gasteiger partial charge in [-0.15, -0.1) is 0 Å². The summed E-state index contributed by atoms with van der Waals surface area (Å²) in [5, 5.41) is 0. The summed E-state index contributed by atoms with van der Waals surface area (Å²) in [6, 6.07) is 11.1. The molecule has 1 amide bonds. The average molecular weight is 451 g/mol. The van der Waals surface area contributed by atoms with E-state index in [0.29, 0.717) is 5.56 Å². The van der Waals surface area contributed by atoms with Gasteiger partial charge in [-0.2, -0.15) is 4.31 Å². The normalized spacial score (nSPS) is 16.7. The second kappa shape index (κ2) is 7.37. The molecule has 0 unspecified atom stereocenters. The van der Waals surface area contributed by atoms with Crippen molar-refractivity contribution < 1.29 is 13.2 Å². The number of aryl methyl sites for hydroxylation is 2. The number of fused-ring (bicyclic) bond motifs is 1. The van der Waals surface area contributed by atoms with Crippen molar-refractivity contribution >= 4 is 37.5 Å². The van der Waals surface area contributed by atoms with E-state index in [4.69, 9.17) is 0 Å². The third kappa shape index (κ3) is 3.81. The van der Waals surface area contributed by atoms with Gasteiger partial charge >= 0.3 is 0 Å². The molecule has 2 aromatic carbocycles. The number of benzene rings is 2. The molecule has 5 nitrogen and oxygen atoms in total. The van der Waals surface area contributed by atoms with Crippen LogP contribution < -0.4 is 4.90 Å². The van der Waals surface area contributed by atoms with Crippen LogP contribution >= 0.6 is 15.9 Å². The first-order valence-electron chi connectivity index (χ1n) is 8.75. The fraction of sp³-hybridized carbons (Fsp3) is 0.350. The van der Waals surface area contributed by atoms with Crippen LogP contribution in [0.4, 0.5) is 5.69 Å². The fourth-order valence-electron chi connectivity index (χ4n) is 3.48. The van der Waals surface area contributed by atoms with Crippen molar-refractivity contribution in [1.82, 2.24) is 4.31 Å². The minimum atomic E-state index is -3.74. The highest BCUT2D eigenvalue weighted by molar-refractivity contribution is 9.10. The molecule has 1 heterocycles. The Kier molecular flexibility index (Phi) is 5.47. The van der Waals surface area contributed by atoms with Crippen molar-refractivity contribution in [3.05, 3.63) is 57.6 Å². The van der Waals surface area contributed by atoms with Crippen molar-refractivity contribution in [2.45, 2.75) is 38.1 Å². The van der Waals surface area contributed by atoms with E-state index in [2.05, 4.69) is 15.9 Å². The molecule has 0 aliphatic carbocycles. The summed E-state index contributed by atoms with van der Waals surface area (Å²) < 4.78 is 28.1. The van der Waals surface area contributed by atoms with E-state index in [1.165, 1.54) is 7.05 Å². The summed E-state index contributed by atoms with van der Waals surface area (Å²) in [5.74, 6) is -0.222. The molecule has 0 saturated heterocycles. The molecule has 0 aromatic heterocycles. The highest BCUT2D eigenvalue weighted by Crippen LogP contribution is 2.34. The number of carbonyl (C=O) groups is 1. The van der Waals surface area contributed by atoms with Crippen LogP contribution in [0.15, 0.2) is 45.8 Å². The molecular formula is C20H23BrN2O3S. The molecule has 0 spiro atoms. The van der Waals surface area contributed by atoms with E-state index in [-0.39, 0.29) is 23.4 Å². The Labute approximate surface area is 169 Å². The van der Waals surface area contributed by atoms with Gasteiger partial charge in [0.2, 0.25) is 15.9 Å². The van der Waals surface area contributed by atoms with E-state index in [1.54, 1.807) is 24.0 Å². The number of anilines is 1. The molecule has 0 radical (unpaired) electrons. The Morgan fingerprint density at radius 3 is 2.63 bits per heavy atom. The van der Waals surface area contributed by atoms with Crippen LogP contribution in [0.25, 0.3) is 0 Å². The van der Waals surface area contributed by atoms with Crippen molar-refractivity contribution in [2.24, 2.45) is 0 Å². The first-order valence-corrected chi connectivity index (χ1v) is 11.0. The summed E-state index contributed by atoms with van der Waals surface area (Å²) in [7, 11) is -2.28. The van der Waals surface area contributed by atoms with Gasteiger partial charge in [0.25, 0.3) is 0 Å². The number of likely N-dealkylation sites (N-methyl/N-ethyl adjacent to an activating group) is 1. The molecule has 0 saturated carbocycles. The Balaban J connectivity index is 1.85. The summed E-state index contributed by atoms with van der Waals surface area (Å²) >= 11 is 3.46. The maximum Gasteiger partial charge on any atom is 0.243 e. The molecular weight excluding hydrogens is 428 g/mol. The Bertz CT molecular complexity index is 1000. The smallest absolute Gasteiger partial charge is 0.243 e. The van der Waals surface area contributed by atoms with E-state index >= 15 is 0 Å². The van der Waals surface area contributed by atoms with E-state index in [0.717, 1.165) is 32.0 Å². The largest absolute Gasteiger partial charge is 0.308 e. The molecule has 7 heteroatoms. The topological polar surface area (TPSA) is 57.7 Å². The molecule has 27 heavy (non-hydrogen) atoms. The fourth-order valence-corrected chi connectivity index (χ4v) is 5.32. The van der Waals surface area contributed by atoms with Crippen molar-refractivity contribution in [3.63, 3.8) is 0 Å². The summed E-state index contributed by atoms with van der Waals surface area (Å²) in [6.07, 6.45) is 0.758. The van der Waals surface area contributed by atoms with E-state index in [9.17, 15) is 13.2 Å². The number of hydrogen-bond donors (Lipinski definition) is 0. The van der Waals surface area contributed by atoms with Crippen LogP contribution in [0, 0.1) is 13.8 Å². The molecule has 1 atom stereocenters. The highest BCUT2D eigenvalue weighted by Gasteiger charge is 2.33. The number of carbonyl (C=O) groups excluding carboxylic acids is 1. The molecule has 3 rings (SSSR count). The predicted octanol–water partition coefficient (Wildman–Crippen LogP) is 3.66. The second-order valence-electron chi connectivity index (χ2n) is 7.12. The van der Waals surface area contributed by atoms with Crippen LogP contribution in [0.1, 0.15) is 23.6 Å². The van der Waals surface area contributed by atoms with Gasteiger partial charge in [-0.3, -0.25) is 4.79 Å². The SMILES string of the molecule is Cc1ccc(C)c(S(=O)(=O)N(C)CC(=O)N2c3ccc(Br)cc3C[C@H]2C)c1. The molecule has 0 fully saturated rings. The van der Waals surface area contributed by atoms with Gasteiger partial charge in [0.1, 0.15) is 0 Å². The molecule has 1 aliphatic rings. The third-order valence-electron chi connectivity index (χ3n) is 4.92. The van der Waals surface area contributed by atoms with Gasteiger partial charge in [-0.05, 0) is 68.1 Å². The van der Waals surface area contributed by atoms with Crippen LogP contribution in [-0.2, 0) is 21.2 Å². The van der Waals surface area contributed by atoms with Crippen LogP contribution in [0.5, 0.6) is 0 Å². The molecule has 0 bridgehead atoms. The summed E-state index contributed by atoms with van der Waals surface area (Å²) in [4.78, 5) is 14.9. The zero-order valence-electron chi connectivity index (χ0n) is 15.9. The van der Waals surface area contributed by atoms with Crippen LogP contribution in [0.2, 0.25) is 0 Å². The lowest BCUT2D eigenvalue weighted by Crippen LogP contribution is -2.43. The summed E-state index contributed by atoms with van der Waals surface area (Å²) in [6.45, 7) is 5.39. The van der Waals surface area contributed by atoms with Crippen LogP contribution in [-0.4, -0.2) is 38.3 Å². The maximum atomic E-state index is 13.0. The van der Waals surface area contributed by atoms with Crippen molar-refractivity contribution in [2.75, 3.05) is 18.5 Å². The van der Waals surface area contributed by atoms with Crippen LogP contribution in [0.3, 0.4) is 0 Å². The monoisotopic (exact) mass is 450 g/mol. The third-order valence-corrected chi connectivity index (χ3v) is 7.35. The Hall–Kier alpha value is -1.70. The minimum Gasteiger partial charge on any atom is -0.308 e. The standard InChI is InChI=1S/C20H23BrN2O3S/c1-13-5-6-14(2)19(9-13)27(25,26)22(4)12-20(24)23-15(3)10-16-11-17(21)7-8-18(16)23/h5-9,11,15H,10,12H2,1-4H3/t15-/m1/s1. The van der Waals surface area contributed by atoms with Gasteiger partial charge in [0.05, 0.1) is 11.4 Å². The van der Waals surface area contributed by atoms with Crippen molar-refractivity contribution in [1.29, 1.82) is 0 Å². The number of rotatable bonds is 4. The van der Waals surface area contributed by atoms with Crippen molar-refractivity contribution in [3.8, 4) is 0 Å². The molecule has 2 aromatic rings. The zero-order valence-corrected chi connectivity index (χ0v) is 18.3. The minimum absolute atomic E-state index is 0.00129. The van der Waals surface area contributed by atoms with Gasteiger partial charge in [0, 0.05) is 23.2 Å². The summed E-state index contributed by atoms with van der Waals surface area (Å²) in [5.41, 5.74) is 3.48. The molecule has 0 N–H and O–H groups in total. The van der Waals surface area contributed by atoms with Gasteiger partial charge in [0.15, 0.2) is 0 Å². The maximum absolute atomic E-state index is 13.0. The lowest BCUT2D eigenvalue weighted by molar-refractivity contribution is -0.118. The zero-order chi connectivity index (χ0) is 19.9. The van der Waals surface area contributed by atoms with Gasteiger partial charge < -0.3 is 4.90 Å². The lowest BCUT2D eigenvalue weighted by Gasteiger charge is -2.26. The number of sulfonamides is 1. The number of halogens is 1. The number of amides is 1. The van der Waals surface area contributed by atoms with Gasteiger partial charge in [-0.1, -0.05) is 28.1 Å². The molecule has 144 valence electrons. The quantitative estimate of drug-likeness (QED) is 0.713. The number of hydrogen-bond acceptors (Lipinski definition) is 3. The predicted molar refractivity (Wildman–Crippen MR) is 111 cm³/mol. The van der Waals surface area contributed by atoms with Gasteiger partial charge in [-0.25, -0.2) is 8.42 Å². The van der Waals surface area contributed by atoms with E-state index < -0.39 is 10.0 Å². The second-order valence-corrected chi connectivity index (χ2v) is 10.0. The Morgan fingerprint density at radius 2 is 1.93 bits per heavy atom. The highest BCUT2D eigenvalue weighted by atomic mass is 79.9. The lowest BCUT2D eigenvalue weighted by atomic mass is 10.1. The average Bonchev–Trinajstić information content (AvgIpc) is 2.91. The first-order chi connectivity index (χ1) is 12.6. The molecule has 1 aliphatic heterocycles. The first kappa shape index (κ1) is 20.0.